The molecule has 19 heteroatoms. The maximum absolute atomic E-state index is 14.9. The van der Waals surface area contributed by atoms with Crippen LogP contribution in [0.25, 0.3) is 21.6 Å². The molecule has 0 spiro atoms. The van der Waals surface area contributed by atoms with E-state index in [4.69, 9.17) is 20.8 Å². The minimum absolute atomic E-state index is 0.0214. The van der Waals surface area contributed by atoms with Gasteiger partial charge in [0, 0.05) is 65.3 Å². The number of amides is 3. The molecular formula is C43H52F4N8O7. The summed E-state index contributed by atoms with van der Waals surface area (Å²) < 4.78 is 64.9. The number of rotatable bonds is 15. The van der Waals surface area contributed by atoms with E-state index in [-0.39, 0.29) is 35.4 Å². The third-order valence-electron chi connectivity index (χ3n) is 13.2. The molecule has 2 bridgehead atoms. The summed E-state index contributed by atoms with van der Waals surface area (Å²) >= 11 is 0. The summed E-state index contributed by atoms with van der Waals surface area (Å²) in [5, 5.41) is 31.0. The molecule has 6 N–H and O–H groups in total. The zero-order valence-electron chi connectivity index (χ0n) is 35.5. The van der Waals surface area contributed by atoms with Crippen molar-refractivity contribution in [1.29, 1.82) is 0 Å². The van der Waals surface area contributed by atoms with E-state index >= 15 is 0 Å². The number of nitrogens with one attached hydrogen (secondary N) is 2. The van der Waals surface area contributed by atoms with Crippen molar-refractivity contribution in [2.24, 2.45) is 39.9 Å². The highest BCUT2D eigenvalue weighted by Gasteiger charge is 2.57. The summed E-state index contributed by atoms with van der Waals surface area (Å²) in [6.07, 6.45) is -1.04. The molecule has 0 radical (unpaired) electrons. The number of hydrogen-bond acceptors (Lipinski definition) is 10. The van der Waals surface area contributed by atoms with E-state index in [1.165, 1.54) is 24.3 Å². The maximum atomic E-state index is 14.9. The van der Waals surface area contributed by atoms with E-state index in [1.54, 1.807) is 50.2 Å². The third kappa shape index (κ3) is 8.51. The zero-order chi connectivity index (χ0) is 45.5. The predicted octanol–water partition coefficient (Wildman–Crippen LogP) is 5.41. The number of hydrogen-bond donors (Lipinski definition) is 5. The number of methoxy groups -OCH3 is 1. The quantitative estimate of drug-likeness (QED) is 0.0433. The summed E-state index contributed by atoms with van der Waals surface area (Å²) in [5.41, 5.74) is 13.4. The van der Waals surface area contributed by atoms with Gasteiger partial charge in [-0.25, -0.2) is 17.6 Å². The minimum atomic E-state index is -1.99. The maximum Gasteiger partial charge on any atom is 0.252 e. The van der Waals surface area contributed by atoms with E-state index in [0.717, 1.165) is 12.8 Å². The summed E-state index contributed by atoms with van der Waals surface area (Å²) in [6.45, 7) is 7.79. The fraction of sp³-hybridized carbons (Fsp3) is 0.512. The van der Waals surface area contributed by atoms with Gasteiger partial charge < -0.3 is 36.2 Å². The number of para-hydroxylation sites is 1. The Morgan fingerprint density at radius 3 is 2.34 bits per heavy atom. The molecule has 0 aromatic heterocycles. The van der Waals surface area contributed by atoms with Crippen LogP contribution in [0, 0.1) is 52.4 Å². The Hall–Kier alpha value is -5.46. The first-order chi connectivity index (χ1) is 29.2. The van der Waals surface area contributed by atoms with Crippen LogP contribution < -0.4 is 26.0 Å². The van der Waals surface area contributed by atoms with Crippen molar-refractivity contribution < 1.29 is 51.7 Å². The first kappa shape index (κ1) is 46.1. The number of anilines is 1. The number of carbonyl (C=O) groups excluding carboxylic acids is 3. The zero-order valence-corrected chi connectivity index (χ0v) is 35.5. The molecule has 3 aromatic carbocycles. The fourth-order valence-electron chi connectivity index (χ4n) is 9.63. The second kappa shape index (κ2) is 18.1. The molecule has 4 fully saturated rings. The molecule has 3 aromatic rings. The van der Waals surface area contributed by atoms with Gasteiger partial charge >= 0.3 is 0 Å². The van der Waals surface area contributed by atoms with Crippen LogP contribution in [0.4, 0.5) is 28.9 Å². The Morgan fingerprint density at radius 2 is 1.79 bits per heavy atom. The largest absolute Gasteiger partial charge is 0.496 e. The fourth-order valence-corrected chi connectivity index (χ4v) is 9.63. The first-order valence-corrected chi connectivity index (χ1v) is 20.3. The normalized spacial score (nSPS) is 24.9. The number of azide groups is 1. The van der Waals surface area contributed by atoms with Gasteiger partial charge in [-0.15, -0.1) is 0 Å². The highest BCUT2D eigenvalue weighted by molar-refractivity contribution is 5.99. The van der Waals surface area contributed by atoms with Gasteiger partial charge in [0.25, 0.3) is 5.91 Å². The van der Waals surface area contributed by atoms with Gasteiger partial charge in [-0.05, 0) is 72.2 Å². The highest BCUT2D eigenvalue weighted by Crippen LogP contribution is 2.61. The molecule has 334 valence electrons. The van der Waals surface area contributed by atoms with Crippen LogP contribution in [0.2, 0.25) is 0 Å². The van der Waals surface area contributed by atoms with Crippen LogP contribution in [-0.2, 0) is 27.4 Å². The first-order valence-electron chi connectivity index (χ1n) is 20.3. The lowest BCUT2D eigenvalue weighted by Gasteiger charge is -2.62. The van der Waals surface area contributed by atoms with Crippen molar-refractivity contribution >= 4 is 29.1 Å². The van der Waals surface area contributed by atoms with Crippen LogP contribution in [0.1, 0.15) is 62.0 Å². The molecule has 7 rings (SSSR count). The number of fused-ring (bicyclic) bond motifs is 2. The number of carbonyl (C=O) groups is 3. The van der Waals surface area contributed by atoms with E-state index in [1.807, 2.05) is 0 Å². The molecule has 3 saturated carbocycles. The Labute approximate surface area is 356 Å². The molecule has 9 atom stereocenters. The number of halogens is 4. The molecular weight excluding hydrogens is 817 g/mol. The van der Waals surface area contributed by atoms with Gasteiger partial charge in [-0.3, -0.25) is 19.2 Å². The lowest BCUT2D eigenvalue weighted by atomic mass is 9.45. The Bertz CT molecular complexity index is 2260. The molecule has 1 saturated heterocycles. The number of primary amides is 1. The number of ether oxygens (including phenoxy) is 1. The number of aliphatic hydroxyl groups excluding tert-OH is 2. The minimum Gasteiger partial charge on any atom is -0.496 e. The second-order valence-electron chi connectivity index (χ2n) is 17.3. The van der Waals surface area contributed by atoms with Crippen LogP contribution in [0.5, 0.6) is 5.75 Å². The van der Waals surface area contributed by atoms with Crippen LogP contribution >= 0.6 is 0 Å². The number of nitrogens with two attached hydrogens (primary N) is 1. The van der Waals surface area contributed by atoms with Gasteiger partial charge in [0.2, 0.25) is 11.8 Å². The van der Waals surface area contributed by atoms with Gasteiger partial charge in [-0.2, -0.15) is 5.06 Å². The SMILES string of the molecule is COc1c(CN2O[C@@H](CO)[C@@H]([C@H](C)O)[C@H]2C(=O)N[C@H]2C[C@H]3C[C@@H]([C@@H]2C)C3(C)C)cccc1-c1cc(C(=O)N[C@@H](Cc2c(F)c(F)c(N=[N+]=[N-])c(F)c2F)C(N)=O)cc(N(C)C)c1. The molecule has 15 nitrogen and oxygen atoms in total. The topological polar surface area (TPSA) is 215 Å². The number of benzene rings is 3. The summed E-state index contributed by atoms with van der Waals surface area (Å²) in [6, 6.07) is 6.97. The van der Waals surface area contributed by atoms with Gasteiger partial charge in [0.15, 0.2) is 23.3 Å². The van der Waals surface area contributed by atoms with Gasteiger partial charge in [-0.1, -0.05) is 44.1 Å². The van der Waals surface area contributed by atoms with E-state index in [0.29, 0.717) is 40.0 Å². The smallest absolute Gasteiger partial charge is 0.252 e. The Morgan fingerprint density at radius 1 is 1.11 bits per heavy atom. The Balaban J connectivity index is 1.30. The number of hydroxylamine groups is 2. The average Bonchev–Trinajstić information content (AvgIpc) is 3.61. The van der Waals surface area contributed by atoms with Crippen molar-refractivity contribution in [3.05, 3.63) is 86.8 Å². The molecule has 4 aliphatic rings. The lowest BCUT2D eigenvalue weighted by Crippen LogP contribution is -2.62. The standard InChI is InChI=1S/C43H52F4N8O7/c1-19-28-14-24(43(28,3)4)15-29(19)50-42(60)38-32(20(2)57)31(18-56)62-55(38)17-21-9-8-10-26(39(21)61-7)22-11-23(13-25(12-22)54(5)6)41(59)51-30(40(48)58)16-27-33(44)35(46)37(52-53-49)36(47)34(27)45/h8-13,19-20,24,28-32,38,56-57H,14-18H2,1-7H3,(H2,48,58)(H,50,60)(H,51,59)/t19-,20-,24+,28-,29-,30-,31-,32+,38-/m0/s1. The summed E-state index contributed by atoms with van der Waals surface area (Å²) in [5.74, 6) is -9.65. The third-order valence-corrected chi connectivity index (χ3v) is 13.2. The lowest BCUT2D eigenvalue weighted by molar-refractivity contribution is -0.183. The van der Waals surface area contributed by atoms with Crippen molar-refractivity contribution in [2.75, 3.05) is 32.7 Å². The summed E-state index contributed by atoms with van der Waals surface area (Å²) in [7, 11) is 4.85. The highest BCUT2D eigenvalue weighted by atomic mass is 19.2. The van der Waals surface area contributed by atoms with Crippen LogP contribution in [0.3, 0.4) is 0 Å². The van der Waals surface area contributed by atoms with E-state index in [2.05, 4.69) is 41.4 Å². The van der Waals surface area contributed by atoms with E-state index < -0.39 is 89.6 Å². The molecule has 1 heterocycles. The molecule has 3 aliphatic carbocycles. The van der Waals surface area contributed by atoms with Crippen molar-refractivity contribution in [3.8, 4) is 16.9 Å². The van der Waals surface area contributed by atoms with Gasteiger partial charge in [0.1, 0.15) is 29.6 Å². The van der Waals surface area contributed by atoms with Crippen LogP contribution in [-0.4, -0.2) is 91.1 Å². The average molecular weight is 869 g/mol. The summed E-state index contributed by atoms with van der Waals surface area (Å²) in [4.78, 5) is 50.6. The van der Waals surface area contributed by atoms with Gasteiger partial charge in [0.05, 0.1) is 26.4 Å². The number of nitrogens with zero attached hydrogens (tertiary/aromatic N) is 5. The van der Waals surface area contributed by atoms with E-state index in [9.17, 15) is 42.2 Å². The monoisotopic (exact) mass is 868 g/mol. The van der Waals surface area contributed by atoms with Crippen molar-refractivity contribution in [1.82, 2.24) is 15.7 Å². The van der Waals surface area contributed by atoms with Crippen molar-refractivity contribution in [2.45, 2.75) is 83.8 Å². The molecule has 0 unspecified atom stereocenters. The molecule has 1 aliphatic heterocycles. The Kier molecular flexibility index (Phi) is 13.4. The van der Waals surface area contributed by atoms with Crippen LogP contribution in [0.15, 0.2) is 41.5 Å². The molecule has 3 amide bonds. The second-order valence-corrected chi connectivity index (χ2v) is 17.3. The van der Waals surface area contributed by atoms with Crippen molar-refractivity contribution in [3.63, 3.8) is 0 Å². The number of aliphatic hydroxyl groups is 2. The predicted molar refractivity (Wildman–Crippen MR) is 220 cm³/mol. The molecule has 62 heavy (non-hydrogen) atoms.